The van der Waals surface area contributed by atoms with E-state index in [1.807, 2.05) is 0 Å². The first kappa shape index (κ1) is 14.5. The fourth-order valence-corrected chi connectivity index (χ4v) is 7.64. The van der Waals surface area contributed by atoms with Gasteiger partial charge < -0.3 is 5.73 Å². The highest BCUT2D eigenvalue weighted by molar-refractivity contribution is 5.18. The van der Waals surface area contributed by atoms with Crippen LogP contribution in [0.4, 0.5) is 0 Å². The quantitative estimate of drug-likeness (QED) is 0.657. The number of hydrogen-bond donors (Lipinski definition) is 1. The van der Waals surface area contributed by atoms with E-state index in [-0.39, 0.29) is 5.54 Å². The van der Waals surface area contributed by atoms with Gasteiger partial charge in [0.05, 0.1) is 0 Å². The lowest BCUT2D eigenvalue weighted by atomic mass is 9.43. The van der Waals surface area contributed by atoms with Gasteiger partial charge in [0.1, 0.15) is 0 Å². The zero-order valence-electron chi connectivity index (χ0n) is 14.5. The molecule has 0 aliphatic heterocycles. The van der Waals surface area contributed by atoms with E-state index in [2.05, 4.69) is 20.8 Å². The van der Waals surface area contributed by atoms with Crippen LogP contribution in [0.2, 0.25) is 0 Å². The summed E-state index contributed by atoms with van der Waals surface area (Å²) < 4.78 is 0. The average Bonchev–Trinajstić information content (AvgIpc) is 2.71. The van der Waals surface area contributed by atoms with Crippen molar-refractivity contribution in [2.24, 2.45) is 40.2 Å². The van der Waals surface area contributed by atoms with Gasteiger partial charge in [-0.15, -0.1) is 0 Å². The van der Waals surface area contributed by atoms with Gasteiger partial charge >= 0.3 is 0 Å². The molecule has 120 valence electrons. The molecule has 0 aromatic rings. The molecular formula is C20H35N. The maximum Gasteiger partial charge on any atom is 0.0242 e. The highest BCUT2D eigenvalue weighted by Gasteiger charge is 2.64. The van der Waals surface area contributed by atoms with Crippen LogP contribution in [-0.2, 0) is 0 Å². The minimum atomic E-state index is 0.154. The number of fused-ring (bicyclic) bond motifs is 5. The van der Waals surface area contributed by atoms with Crippen molar-refractivity contribution in [1.82, 2.24) is 0 Å². The molecule has 4 aliphatic carbocycles. The van der Waals surface area contributed by atoms with Gasteiger partial charge in [-0.3, -0.25) is 0 Å². The third-order valence-electron chi connectivity index (χ3n) is 9.39. The fourth-order valence-electron chi connectivity index (χ4n) is 7.64. The smallest absolute Gasteiger partial charge is 0.0242 e. The summed E-state index contributed by atoms with van der Waals surface area (Å²) in [6.45, 7) is 7.66. The average molecular weight is 290 g/mol. The van der Waals surface area contributed by atoms with Gasteiger partial charge in [-0.05, 0) is 85.9 Å². The number of hydrogen-bond acceptors (Lipinski definition) is 1. The van der Waals surface area contributed by atoms with Crippen LogP contribution in [-0.4, -0.2) is 5.54 Å². The maximum atomic E-state index is 7.22. The zero-order valence-corrected chi connectivity index (χ0v) is 14.5. The molecule has 0 aromatic heterocycles. The van der Waals surface area contributed by atoms with Crippen LogP contribution in [0, 0.1) is 34.5 Å². The highest BCUT2D eigenvalue weighted by atomic mass is 14.9. The van der Waals surface area contributed by atoms with Crippen molar-refractivity contribution >= 4 is 0 Å². The van der Waals surface area contributed by atoms with Crippen molar-refractivity contribution in [2.45, 2.75) is 90.5 Å². The summed E-state index contributed by atoms with van der Waals surface area (Å²) in [5, 5.41) is 0. The molecule has 1 unspecified atom stereocenters. The summed E-state index contributed by atoms with van der Waals surface area (Å²) in [5.74, 6) is 3.60. The van der Waals surface area contributed by atoms with Crippen LogP contribution >= 0.6 is 0 Å². The second kappa shape index (κ2) is 4.49. The maximum absolute atomic E-state index is 7.22. The number of rotatable bonds is 0. The van der Waals surface area contributed by atoms with Gasteiger partial charge in [0.15, 0.2) is 0 Å². The molecule has 0 spiro atoms. The lowest BCUT2D eigenvalue weighted by Gasteiger charge is -2.64. The van der Waals surface area contributed by atoms with Crippen LogP contribution in [0.3, 0.4) is 0 Å². The molecule has 0 radical (unpaired) electrons. The Morgan fingerprint density at radius 2 is 1.62 bits per heavy atom. The summed E-state index contributed by atoms with van der Waals surface area (Å²) in [7, 11) is 0. The molecule has 21 heavy (non-hydrogen) atoms. The fraction of sp³-hybridized carbons (Fsp3) is 1.00. The molecule has 0 aromatic carbocycles. The van der Waals surface area contributed by atoms with Crippen molar-refractivity contribution < 1.29 is 0 Å². The molecule has 0 heterocycles. The molecule has 1 nitrogen and oxygen atoms in total. The Morgan fingerprint density at radius 3 is 2.43 bits per heavy atom. The van der Waals surface area contributed by atoms with Gasteiger partial charge in [0, 0.05) is 5.54 Å². The van der Waals surface area contributed by atoms with Crippen molar-refractivity contribution in [3.63, 3.8) is 0 Å². The van der Waals surface area contributed by atoms with E-state index in [4.69, 9.17) is 5.73 Å². The molecule has 1 heteroatoms. The standard InChI is InChI=1S/C20H35N/c1-14-9-13-20(21)17-8-7-15-6-4-5-11-18(15,2)16(17)10-12-19(14,20)3/h14-17H,4-13,21H2,1-3H3/t14-,15?,16-,17+,18-,19+,20+/m0/s1. The van der Waals surface area contributed by atoms with E-state index in [0.717, 1.165) is 23.7 Å². The lowest BCUT2D eigenvalue weighted by molar-refractivity contribution is -0.120. The summed E-state index contributed by atoms with van der Waals surface area (Å²) in [6.07, 6.45) is 14.4. The zero-order chi connectivity index (χ0) is 14.9. The largest absolute Gasteiger partial charge is 0.324 e. The summed E-state index contributed by atoms with van der Waals surface area (Å²) in [5.41, 5.74) is 8.43. The van der Waals surface area contributed by atoms with Gasteiger partial charge in [-0.25, -0.2) is 0 Å². The highest BCUT2D eigenvalue weighted by Crippen LogP contribution is 2.68. The van der Waals surface area contributed by atoms with E-state index < -0.39 is 0 Å². The van der Waals surface area contributed by atoms with Gasteiger partial charge in [-0.2, -0.15) is 0 Å². The normalized spacial score (nSPS) is 60.0. The van der Waals surface area contributed by atoms with E-state index in [0.29, 0.717) is 10.8 Å². The Bertz CT molecular complexity index is 432. The van der Waals surface area contributed by atoms with Crippen molar-refractivity contribution in [1.29, 1.82) is 0 Å². The first-order valence-corrected chi connectivity index (χ1v) is 9.71. The Morgan fingerprint density at radius 1 is 0.810 bits per heavy atom. The Hall–Kier alpha value is -0.0400. The summed E-state index contributed by atoms with van der Waals surface area (Å²) in [4.78, 5) is 0. The third-order valence-corrected chi connectivity index (χ3v) is 9.39. The third kappa shape index (κ3) is 1.68. The SMILES string of the molecule is C[C@H]1CC[C@@]2(N)[C@@H]3CCC4CCCC[C@]4(C)[C@H]3CC[C@]12C. The lowest BCUT2D eigenvalue weighted by Crippen LogP contribution is -2.65. The molecule has 0 bridgehead atoms. The topological polar surface area (TPSA) is 26.0 Å². The molecule has 0 saturated heterocycles. The molecular weight excluding hydrogens is 254 g/mol. The first-order valence-electron chi connectivity index (χ1n) is 9.71. The van der Waals surface area contributed by atoms with Crippen LogP contribution in [0.25, 0.3) is 0 Å². The molecule has 7 atom stereocenters. The van der Waals surface area contributed by atoms with Crippen LogP contribution in [0.1, 0.15) is 85.0 Å². The summed E-state index contributed by atoms with van der Waals surface area (Å²) >= 11 is 0. The summed E-state index contributed by atoms with van der Waals surface area (Å²) in [6, 6.07) is 0. The predicted molar refractivity (Wildman–Crippen MR) is 88.9 cm³/mol. The van der Waals surface area contributed by atoms with E-state index in [1.165, 1.54) is 64.2 Å². The molecule has 2 N–H and O–H groups in total. The van der Waals surface area contributed by atoms with Gasteiger partial charge in [0.2, 0.25) is 0 Å². The van der Waals surface area contributed by atoms with Crippen molar-refractivity contribution in [3.8, 4) is 0 Å². The minimum absolute atomic E-state index is 0.154. The first-order chi connectivity index (χ1) is 9.92. The monoisotopic (exact) mass is 289 g/mol. The van der Waals surface area contributed by atoms with Crippen molar-refractivity contribution in [2.75, 3.05) is 0 Å². The van der Waals surface area contributed by atoms with Crippen LogP contribution in [0.5, 0.6) is 0 Å². The minimum Gasteiger partial charge on any atom is -0.324 e. The Kier molecular flexibility index (Phi) is 3.11. The predicted octanol–water partition coefficient (Wildman–Crippen LogP) is 5.14. The van der Waals surface area contributed by atoms with Crippen molar-refractivity contribution in [3.05, 3.63) is 0 Å². The van der Waals surface area contributed by atoms with Gasteiger partial charge in [-0.1, -0.05) is 33.6 Å². The molecule has 4 fully saturated rings. The molecule has 0 amide bonds. The Labute approximate surface area is 131 Å². The van der Waals surface area contributed by atoms with Crippen LogP contribution in [0.15, 0.2) is 0 Å². The number of nitrogens with two attached hydrogens (primary N) is 1. The second-order valence-electron chi connectivity index (χ2n) is 9.68. The molecule has 4 saturated carbocycles. The van der Waals surface area contributed by atoms with E-state index >= 15 is 0 Å². The second-order valence-corrected chi connectivity index (χ2v) is 9.68. The van der Waals surface area contributed by atoms with Crippen LogP contribution < -0.4 is 5.73 Å². The van der Waals surface area contributed by atoms with E-state index in [9.17, 15) is 0 Å². The van der Waals surface area contributed by atoms with Gasteiger partial charge in [0.25, 0.3) is 0 Å². The van der Waals surface area contributed by atoms with E-state index in [1.54, 1.807) is 0 Å². The molecule has 4 rings (SSSR count). The molecule has 4 aliphatic rings. The Balaban J connectivity index is 1.70.